The maximum Gasteiger partial charge on any atom is 0.223 e. The number of aromatic nitrogens is 2. The second kappa shape index (κ2) is 6.18. The van der Waals surface area contributed by atoms with Gasteiger partial charge in [-0.3, -0.25) is 0 Å². The highest BCUT2D eigenvalue weighted by molar-refractivity contribution is 7.99. The highest BCUT2D eigenvalue weighted by Gasteiger charge is 2.07. The molecule has 0 aliphatic carbocycles. The Kier molecular flexibility index (Phi) is 5.19. The Bertz CT molecular complexity index is 318. The molecule has 0 atom stereocenters. The molecule has 1 aromatic rings. The van der Waals surface area contributed by atoms with Gasteiger partial charge in [0, 0.05) is 11.8 Å². The lowest BCUT2D eigenvalue weighted by molar-refractivity contribution is 0.933. The Hall–Kier alpha value is -0.480. The number of hydrogen-bond acceptors (Lipinski definition) is 4. The summed E-state index contributed by atoms with van der Waals surface area (Å²) in [6, 6.07) is 0. The van der Waals surface area contributed by atoms with Gasteiger partial charge in [-0.15, -0.1) is 11.8 Å². The van der Waals surface area contributed by atoms with Crippen LogP contribution in [0.25, 0.3) is 0 Å². The number of rotatable bonds is 5. The number of nitrogens with zero attached hydrogens (tertiary/aromatic N) is 2. The number of nitrogens with one attached hydrogen (secondary N) is 1. The van der Waals surface area contributed by atoms with Gasteiger partial charge in [0.25, 0.3) is 0 Å². The highest BCUT2D eigenvalue weighted by atomic mass is 35.5. The minimum atomic E-state index is 0.469. The van der Waals surface area contributed by atoms with Crippen LogP contribution in [-0.2, 0) is 0 Å². The van der Waals surface area contributed by atoms with Crippen LogP contribution in [0.3, 0.4) is 0 Å². The van der Waals surface area contributed by atoms with Crippen LogP contribution < -0.4 is 5.32 Å². The van der Waals surface area contributed by atoms with Gasteiger partial charge >= 0.3 is 0 Å². The molecule has 0 radical (unpaired) electrons. The van der Waals surface area contributed by atoms with Crippen LogP contribution in [0.15, 0.2) is 11.2 Å². The predicted molar refractivity (Wildman–Crippen MR) is 66.8 cm³/mol. The largest absolute Gasteiger partial charge is 0.354 e. The fourth-order valence-corrected chi connectivity index (χ4v) is 1.96. The summed E-state index contributed by atoms with van der Waals surface area (Å²) in [6.07, 6.45) is 2.70. The molecule has 1 aromatic heterocycles. The fourth-order valence-electron chi connectivity index (χ4n) is 0.979. The van der Waals surface area contributed by atoms with Gasteiger partial charge < -0.3 is 5.32 Å². The van der Waals surface area contributed by atoms with E-state index in [1.54, 1.807) is 18.0 Å². The molecule has 0 aromatic carbocycles. The summed E-state index contributed by atoms with van der Waals surface area (Å²) in [5.74, 6) is 0.657. The Labute approximate surface area is 100 Å². The minimum Gasteiger partial charge on any atom is -0.354 e. The molecule has 84 valence electrons. The van der Waals surface area contributed by atoms with Crippen molar-refractivity contribution in [1.82, 2.24) is 9.97 Å². The first kappa shape index (κ1) is 12.6. The van der Waals surface area contributed by atoms with Crippen LogP contribution in [0, 0.1) is 0 Å². The van der Waals surface area contributed by atoms with Crippen LogP contribution in [0.4, 0.5) is 5.95 Å². The summed E-state index contributed by atoms with van der Waals surface area (Å²) in [5, 5.41) is 5.08. The van der Waals surface area contributed by atoms with Gasteiger partial charge in [-0.25, -0.2) is 9.97 Å². The van der Waals surface area contributed by atoms with E-state index < -0.39 is 0 Å². The molecule has 1 heterocycles. The van der Waals surface area contributed by atoms with Crippen molar-refractivity contribution in [1.29, 1.82) is 0 Å². The van der Waals surface area contributed by atoms with Crippen molar-refractivity contribution in [3.63, 3.8) is 0 Å². The van der Waals surface area contributed by atoms with Crippen LogP contribution >= 0.6 is 23.4 Å². The lowest BCUT2D eigenvalue weighted by Crippen LogP contribution is -2.05. The number of thioether (sulfide) groups is 1. The highest BCUT2D eigenvalue weighted by Crippen LogP contribution is 2.28. The van der Waals surface area contributed by atoms with Gasteiger partial charge in [0.2, 0.25) is 5.95 Å². The molecule has 0 saturated carbocycles. The first-order valence-corrected chi connectivity index (χ1v) is 6.32. The molecule has 0 spiro atoms. The van der Waals surface area contributed by atoms with Crippen molar-refractivity contribution in [3.05, 3.63) is 11.2 Å². The molecule has 15 heavy (non-hydrogen) atoms. The quantitative estimate of drug-likeness (QED) is 0.637. The monoisotopic (exact) mass is 245 g/mol. The topological polar surface area (TPSA) is 37.8 Å². The van der Waals surface area contributed by atoms with E-state index in [2.05, 4.69) is 36.1 Å². The normalized spacial score (nSPS) is 10.7. The molecule has 1 N–H and O–H groups in total. The minimum absolute atomic E-state index is 0.469. The first-order valence-electron chi connectivity index (χ1n) is 5.06. The molecule has 0 fully saturated rings. The zero-order valence-electron chi connectivity index (χ0n) is 9.25. The SMILES string of the molecule is CCCNc1ncc(Cl)c(SC(C)C)n1. The van der Waals surface area contributed by atoms with E-state index in [0.717, 1.165) is 18.0 Å². The van der Waals surface area contributed by atoms with E-state index in [1.165, 1.54) is 0 Å². The first-order chi connectivity index (χ1) is 7.13. The summed E-state index contributed by atoms with van der Waals surface area (Å²) >= 11 is 7.65. The van der Waals surface area contributed by atoms with Gasteiger partial charge in [0.1, 0.15) is 5.03 Å². The molecular weight excluding hydrogens is 230 g/mol. The third-order valence-corrected chi connectivity index (χ3v) is 2.99. The van der Waals surface area contributed by atoms with Crippen LogP contribution in [-0.4, -0.2) is 21.8 Å². The standard InChI is InChI=1S/C10H16ClN3S/c1-4-5-12-10-13-6-8(11)9(14-10)15-7(2)3/h6-7H,4-5H2,1-3H3,(H,12,13,14). The number of halogens is 1. The summed E-state index contributed by atoms with van der Waals surface area (Å²) < 4.78 is 0. The summed E-state index contributed by atoms with van der Waals surface area (Å²) in [7, 11) is 0. The van der Waals surface area contributed by atoms with Crippen molar-refractivity contribution in [3.8, 4) is 0 Å². The van der Waals surface area contributed by atoms with Crippen LogP contribution in [0.2, 0.25) is 5.02 Å². The third-order valence-electron chi connectivity index (χ3n) is 1.59. The van der Waals surface area contributed by atoms with Gasteiger partial charge in [0.05, 0.1) is 11.2 Å². The van der Waals surface area contributed by atoms with E-state index in [0.29, 0.717) is 16.2 Å². The summed E-state index contributed by atoms with van der Waals surface area (Å²) in [4.78, 5) is 8.47. The second-order valence-electron chi connectivity index (χ2n) is 3.44. The predicted octanol–water partition coefficient (Wildman–Crippen LogP) is 3.45. The summed E-state index contributed by atoms with van der Waals surface area (Å²) in [6.45, 7) is 7.21. The van der Waals surface area contributed by atoms with Crippen molar-refractivity contribution in [2.24, 2.45) is 0 Å². The zero-order valence-corrected chi connectivity index (χ0v) is 10.8. The molecule has 0 amide bonds. The van der Waals surface area contributed by atoms with E-state index in [9.17, 15) is 0 Å². The van der Waals surface area contributed by atoms with Crippen molar-refractivity contribution >= 4 is 29.3 Å². The number of hydrogen-bond donors (Lipinski definition) is 1. The molecule has 0 unspecified atom stereocenters. The van der Waals surface area contributed by atoms with E-state index in [4.69, 9.17) is 11.6 Å². The van der Waals surface area contributed by atoms with Crippen molar-refractivity contribution in [2.75, 3.05) is 11.9 Å². The molecule has 0 saturated heterocycles. The fraction of sp³-hybridized carbons (Fsp3) is 0.600. The molecule has 0 bridgehead atoms. The molecule has 0 aliphatic rings. The molecule has 3 nitrogen and oxygen atoms in total. The number of anilines is 1. The van der Waals surface area contributed by atoms with Crippen LogP contribution in [0.1, 0.15) is 27.2 Å². The lowest BCUT2D eigenvalue weighted by Gasteiger charge is -2.08. The third kappa shape index (κ3) is 4.26. The molecule has 5 heteroatoms. The molecule has 0 aliphatic heterocycles. The molecular formula is C10H16ClN3S. The Morgan fingerprint density at radius 2 is 2.27 bits per heavy atom. The zero-order chi connectivity index (χ0) is 11.3. The van der Waals surface area contributed by atoms with Gasteiger partial charge in [-0.05, 0) is 6.42 Å². The lowest BCUT2D eigenvalue weighted by atomic mass is 10.5. The van der Waals surface area contributed by atoms with Crippen molar-refractivity contribution in [2.45, 2.75) is 37.5 Å². The Morgan fingerprint density at radius 1 is 1.53 bits per heavy atom. The summed E-state index contributed by atoms with van der Waals surface area (Å²) in [5.41, 5.74) is 0. The maximum atomic E-state index is 6.00. The van der Waals surface area contributed by atoms with Crippen LogP contribution in [0.5, 0.6) is 0 Å². The smallest absolute Gasteiger partial charge is 0.223 e. The van der Waals surface area contributed by atoms with E-state index >= 15 is 0 Å². The average Bonchev–Trinajstić information content (AvgIpc) is 2.18. The van der Waals surface area contributed by atoms with Gasteiger partial charge in [-0.1, -0.05) is 32.4 Å². The maximum absolute atomic E-state index is 6.00. The average molecular weight is 246 g/mol. The van der Waals surface area contributed by atoms with Crippen molar-refractivity contribution < 1.29 is 0 Å². The molecule has 1 rings (SSSR count). The van der Waals surface area contributed by atoms with E-state index in [1.807, 2.05) is 0 Å². The van der Waals surface area contributed by atoms with E-state index in [-0.39, 0.29) is 0 Å². The second-order valence-corrected chi connectivity index (χ2v) is 5.41. The Morgan fingerprint density at radius 3 is 2.87 bits per heavy atom. The van der Waals surface area contributed by atoms with Gasteiger partial charge in [0.15, 0.2) is 0 Å². The Balaban J connectivity index is 2.75. The van der Waals surface area contributed by atoms with Gasteiger partial charge in [-0.2, -0.15) is 0 Å².